The lowest BCUT2D eigenvalue weighted by atomic mass is 9.88. The minimum absolute atomic E-state index is 0.0274. The molecule has 3 nitrogen and oxygen atoms in total. The summed E-state index contributed by atoms with van der Waals surface area (Å²) < 4.78 is 14.1. The highest BCUT2D eigenvalue weighted by Crippen LogP contribution is 2.36. The quantitative estimate of drug-likeness (QED) is 0.748. The normalized spacial score (nSPS) is 23.4. The van der Waals surface area contributed by atoms with Gasteiger partial charge < -0.3 is 4.90 Å². The standard InChI is InChI=1S/C22H24ClFN2O/c1-14-3-4-16(10-21(14)24)22-12-19(27)11-18-13-25(7-8-26(18)22)17-5-6-20(23)15(2)9-17/h3-6,9-10,18,22H,7-8,11-13H2,1-2H3. The zero-order valence-electron chi connectivity index (χ0n) is 15.7. The molecule has 0 spiro atoms. The molecule has 2 aromatic carbocycles. The predicted molar refractivity (Wildman–Crippen MR) is 107 cm³/mol. The highest BCUT2D eigenvalue weighted by molar-refractivity contribution is 6.31. The lowest BCUT2D eigenvalue weighted by Crippen LogP contribution is -2.57. The Labute approximate surface area is 164 Å². The topological polar surface area (TPSA) is 23.6 Å². The molecule has 27 heavy (non-hydrogen) atoms. The predicted octanol–water partition coefficient (Wildman–Crippen LogP) is 4.69. The summed E-state index contributed by atoms with van der Waals surface area (Å²) in [6.45, 7) is 6.32. The molecule has 0 saturated carbocycles. The van der Waals surface area contributed by atoms with Crippen molar-refractivity contribution in [2.75, 3.05) is 24.5 Å². The van der Waals surface area contributed by atoms with Gasteiger partial charge in [-0.25, -0.2) is 4.39 Å². The number of nitrogens with zero attached hydrogens (tertiary/aromatic N) is 2. The van der Waals surface area contributed by atoms with Crippen LogP contribution in [0.1, 0.15) is 35.6 Å². The summed E-state index contributed by atoms with van der Waals surface area (Å²) in [6, 6.07) is 11.6. The van der Waals surface area contributed by atoms with Crippen LogP contribution in [0.3, 0.4) is 0 Å². The van der Waals surface area contributed by atoms with Crippen molar-refractivity contribution in [1.29, 1.82) is 0 Å². The summed E-state index contributed by atoms with van der Waals surface area (Å²) in [5.41, 5.74) is 3.75. The van der Waals surface area contributed by atoms with E-state index in [1.165, 1.54) is 0 Å². The lowest BCUT2D eigenvalue weighted by molar-refractivity contribution is -0.125. The number of Topliss-reactive ketones (excluding diaryl/α,β-unsaturated/α-hetero) is 1. The third-order valence-electron chi connectivity index (χ3n) is 5.90. The molecule has 5 heteroatoms. The number of fused-ring (bicyclic) bond motifs is 1. The van der Waals surface area contributed by atoms with Gasteiger partial charge in [-0.15, -0.1) is 0 Å². The van der Waals surface area contributed by atoms with Crippen LogP contribution in [0.15, 0.2) is 36.4 Å². The lowest BCUT2D eigenvalue weighted by Gasteiger charge is -2.48. The smallest absolute Gasteiger partial charge is 0.136 e. The van der Waals surface area contributed by atoms with E-state index < -0.39 is 0 Å². The molecule has 4 rings (SSSR count). The fourth-order valence-corrected chi connectivity index (χ4v) is 4.44. The van der Waals surface area contributed by atoms with Gasteiger partial charge in [-0.3, -0.25) is 9.69 Å². The van der Waals surface area contributed by atoms with Gasteiger partial charge in [-0.2, -0.15) is 0 Å². The van der Waals surface area contributed by atoms with Crippen LogP contribution in [0, 0.1) is 19.7 Å². The first-order valence-electron chi connectivity index (χ1n) is 9.47. The van der Waals surface area contributed by atoms with Crippen molar-refractivity contribution in [3.63, 3.8) is 0 Å². The van der Waals surface area contributed by atoms with E-state index in [2.05, 4.69) is 15.9 Å². The highest BCUT2D eigenvalue weighted by Gasteiger charge is 2.39. The second-order valence-corrected chi connectivity index (χ2v) is 8.15. The van der Waals surface area contributed by atoms with Gasteiger partial charge in [-0.1, -0.05) is 23.7 Å². The minimum Gasteiger partial charge on any atom is -0.369 e. The van der Waals surface area contributed by atoms with Crippen molar-refractivity contribution in [3.8, 4) is 0 Å². The van der Waals surface area contributed by atoms with Gasteiger partial charge in [0, 0.05) is 55.3 Å². The summed E-state index contributed by atoms with van der Waals surface area (Å²) in [7, 11) is 0. The van der Waals surface area contributed by atoms with Gasteiger partial charge in [0.25, 0.3) is 0 Å². The van der Waals surface area contributed by atoms with Gasteiger partial charge in [0.2, 0.25) is 0 Å². The number of benzene rings is 2. The van der Waals surface area contributed by atoms with Gasteiger partial charge in [-0.05, 0) is 54.8 Å². The zero-order chi connectivity index (χ0) is 19.1. The van der Waals surface area contributed by atoms with Crippen molar-refractivity contribution in [2.24, 2.45) is 0 Å². The van der Waals surface area contributed by atoms with E-state index in [-0.39, 0.29) is 23.7 Å². The van der Waals surface area contributed by atoms with Crippen LogP contribution in [-0.4, -0.2) is 36.4 Å². The van der Waals surface area contributed by atoms with Gasteiger partial charge in [0.15, 0.2) is 0 Å². The third kappa shape index (κ3) is 3.61. The Bertz CT molecular complexity index is 885. The van der Waals surface area contributed by atoms with E-state index in [1.807, 2.05) is 31.2 Å². The van der Waals surface area contributed by atoms with Gasteiger partial charge in [0.05, 0.1) is 0 Å². The molecule has 2 heterocycles. The molecule has 0 amide bonds. The van der Waals surface area contributed by atoms with E-state index in [9.17, 15) is 9.18 Å². The number of aryl methyl sites for hydroxylation is 2. The minimum atomic E-state index is -0.197. The van der Waals surface area contributed by atoms with Crippen molar-refractivity contribution >= 4 is 23.1 Å². The number of hydrogen-bond acceptors (Lipinski definition) is 3. The Kier molecular flexibility index (Phi) is 4.95. The monoisotopic (exact) mass is 386 g/mol. The molecule has 2 saturated heterocycles. The molecule has 142 valence electrons. The van der Waals surface area contributed by atoms with Crippen LogP contribution in [0.25, 0.3) is 0 Å². The van der Waals surface area contributed by atoms with Crippen LogP contribution in [0.4, 0.5) is 10.1 Å². The zero-order valence-corrected chi connectivity index (χ0v) is 16.5. The Morgan fingerprint density at radius 3 is 2.59 bits per heavy atom. The molecule has 0 aromatic heterocycles. The number of rotatable bonds is 2. The largest absolute Gasteiger partial charge is 0.369 e. The second-order valence-electron chi connectivity index (χ2n) is 7.74. The van der Waals surface area contributed by atoms with Gasteiger partial charge >= 0.3 is 0 Å². The number of carbonyl (C=O) groups excluding carboxylic acids is 1. The van der Waals surface area contributed by atoms with Gasteiger partial charge in [0.1, 0.15) is 11.6 Å². The molecule has 2 atom stereocenters. The molecule has 0 bridgehead atoms. The van der Waals surface area contributed by atoms with Crippen LogP contribution in [0.5, 0.6) is 0 Å². The molecular weight excluding hydrogens is 363 g/mol. The summed E-state index contributed by atoms with van der Waals surface area (Å²) in [5.74, 6) is 0.0636. The average Bonchev–Trinajstić information content (AvgIpc) is 2.65. The first-order valence-corrected chi connectivity index (χ1v) is 9.85. The SMILES string of the molecule is Cc1ccc(C2CC(=O)CC3CN(c4ccc(Cl)c(C)c4)CCN32)cc1F. The maximum absolute atomic E-state index is 14.1. The molecule has 2 unspecified atom stereocenters. The summed E-state index contributed by atoms with van der Waals surface area (Å²) >= 11 is 6.16. The first-order chi connectivity index (χ1) is 12.9. The molecule has 2 aliphatic rings. The number of hydrogen-bond donors (Lipinski definition) is 0. The van der Waals surface area contributed by atoms with Crippen LogP contribution < -0.4 is 4.90 Å². The summed E-state index contributed by atoms with van der Waals surface area (Å²) in [5, 5.41) is 0.770. The van der Waals surface area contributed by atoms with Crippen molar-refractivity contribution in [1.82, 2.24) is 4.90 Å². The number of anilines is 1. The number of halogens is 2. The molecule has 0 N–H and O–H groups in total. The van der Waals surface area contributed by atoms with E-state index in [0.29, 0.717) is 18.4 Å². The number of carbonyl (C=O) groups is 1. The maximum atomic E-state index is 14.1. The van der Waals surface area contributed by atoms with Crippen molar-refractivity contribution in [3.05, 3.63) is 63.9 Å². The summed E-state index contributed by atoms with van der Waals surface area (Å²) in [4.78, 5) is 17.2. The number of ketones is 1. The Hall–Kier alpha value is -1.91. The Morgan fingerprint density at radius 2 is 1.85 bits per heavy atom. The average molecular weight is 387 g/mol. The molecule has 0 radical (unpaired) electrons. The van der Waals surface area contributed by atoms with Crippen molar-refractivity contribution in [2.45, 2.75) is 38.8 Å². The third-order valence-corrected chi connectivity index (χ3v) is 6.32. The van der Waals surface area contributed by atoms with E-state index in [4.69, 9.17) is 11.6 Å². The Balaban J connectivity index is 1.57. The fourth-order valence-electron chi connectivity index (χ4n) is 4.33. The van der Waals surface area contributed by atoms with E-state index >= 15 is 0 Å². The van der Waals surface area contributed by atoms with Crippen LogP contribution >= 0.6 is 11.6 Å². The molecule has 2 aliphatic heterocycles. The fraction of sp³-hybridized carbons (Fsp3) is 0.409. The number of piperidine rings is 1. The molecule has 2 aromatic rings. The molecular formula is C22H24ClFN2O. The van der Waals surface area contributed by atoms with E-state index in [1.54, 1.807) is 13.0 Å². The highest BCUT2D eigenvalue weighted by atomic mass is 35.5. The summed E-state index contributed by atoms with van der Waals surface area (Å²) in [6.07, 6.45) is 1.03. The van der Waals surface area contributed by atoms with E-state index in [0.717, 1.165) is 41.5 Å². The molecule has 0 aliphatic carbocycles. The van der Waals surface area contributed by atoms with Crippen LogP contribution in [-0.2, 0) is 4.79 Å². The first kappa shape index (κ1) is 18.5. The molecule has 2 fully saturated rings. The Morgan fingerprint density at radius 1 is 1.04 bits per heavy atom. The van der Waals surface area contributed by atoms with Crippen molar-refractivity contribution < 1.29 is 9.18 Å². The maximum Gasteiger partial charge on any atom is 0.136 e. The second kappa shape index (κ2) is 7.25. The number of piperazine rings is 1. The van der Waals surface area contributed by atoms with Crippen LogP contribution in [0.2, 0.25) is 5.02 Å².